The van der Waals surface area contributed by atoms with Gasteiger partial charge in [-0.15, -0.1) is 0 Å². The van der Waals surface area contributed by atoms with Gasteiger partial charge in [-0.25, -0.2) is 4.98 Å². The molecule has 1 fully saturated rings. The molecule has 4 rings (SSSR count). The molecule has 0 radical (unpaired) electrons. The number of amides is 1. The Morgan fingerprint density at radius 1 is 1.37 bits per heavy atom. The summed E-state index contributed by atoms with van der Waals surface area (Å²) < 4.78 is 45.6. The Labute approximate surface area is 170 Å². The minimum atomic E-state index is -4.46. The monoisotopic (exact) mass is 425 g/mol. The molecule has 9 nitrogen and oxygen atoms in total. The number of likely N-dealkylation sites (N-methyl/N-ethyl adjacent to an activating group) is 1. The van der Waals surface area contributed by atoms with Gasteiger partial charge in [-0.2, -0.15) is 23.3 Å². The van der Waals surface area contributed by atoms with Crippen molar-refractivity contribution >= 4 is 23.4 Å². The van der Waals surface area contributed by atoms with E-state index >= 15 is 0 Å². The van der Waals surface area contributed by atoms with Crippen LogP contribution in [0.3, 0.4) is 0 Å². The Morgan fingerprint density at radius 2 is 2.13 bits per heavy atom. The Hall–Kier alpha value is -2.89. The molecule has 1 amide bonds. The van der Waals surface area contributed by atoms with Gasteiger partial charge < -0.3 is 20.3 Å². The Kier molecular flexibility index (Phi) is 5.04. The average molecular weight is 425 g/mol. The van der Waals surface area contributed by atoms with Gasteiger partial charge in [-0.1, -0.05) is 0 Å². The molecule has 2 aromatic heterocycles. The second-order valence-electron chi connectivity index (χ2n) is 7.54. The van der Waals surface area contributed by atoms with Crippen molar-refractivity contribution in [3.8, 4) is 0 Å². The molecule has 0 aliphatic carbocycles. The smallest absolute Gasteiger partial charge is 0.374 e. The standard InChI is InChI=1S/C18H22F3N7O2/c1-9-14-15(27(3)10(2)16(29)25-14)26-17(23-9)24-11-6-12(30-8-11)7-28-13(4-5-22-28)18(19,20)21/h4-5,10-12H,6-8H2,1-3H3,(H,25,29)(H,23,24,26)/t10?,11-,12-/m1/s1. The van der Waals surface area contributed by atoms with E-state index in [1.165, 1.54) is 0 Å². The third kappa shape index (κ3) is 3.78. The highest BCUT2D eigenvalue weighted by molar-refractivity contribution is 6.03. The van der Waals surface area contributed by atoms with Gasteiger partial charge in [0.15, 0.2) is 5.82 Å². The summed E-state index contributed by atoms with van der Waals surface area (Å²) in [6, 6.07) is 0.430. The van der Waals surface area contributed by atoms with E-state index in [4.69, 9.17) is 4.74 Å². The number of carbonyl (C=O) groups is 1. The molecule has 0 bridgehead atoms. The Morgan fingerprint density at radius 3 is 2.87 bits per heavy atom. The summed E-state index contributed by atoms with van der Waals surface area (Å²) in [6.45, 7) is 3.88. The number of fused-ring (bicyclic) bond motifs is 1. The van der Waals surface area contributed by atoms with Crippen molar-refractivity contribution in [1.29, 1.82) is 0 Å². The molecule has 1 unspecified atom stereocenters. The summed E-state index contributed by atoms with van der Waals surface area (Å²) >= 11 is 0. The van der Waals surface area contributed by atoms with Crippen LogP contribution in [0, 0.1) is 6.92 Å². The summed E-state index contributed by atoms with van der Waals surface area (Å²) in [6.07, 6.45) is -3.25. The normalized spacial score (nSPS) is 24.0. The van der Waals surface area contributed by atoms with Crippen molar-refractivity contribution in [1.82, 2.24) is 19.7 Å². The van der Waals surface area contributed by atoms with E-state index in [2.05, 4.69) is 25.7 Å². The number of nitrogens with one attached hydrogen (secondary N) is 2. The molecule has 0 aromatic carbocycles. The van der Waals surface area contributed by atoms with Crippen LogP contribution in [-0.2, 0) is 22.3 Å². The second-order valence-corrected chi connectivity index (χ2v) is 7.54. The highest BCUT2D eigenvalue weighted by Gasteiger charge is 2.36. The molecule has 0 spiro atoms. The SMILES string of the molecule is Cc1nc(N[C@H]2CO[C@@H](Cn3nccc3C(F)(F)F)C2)nc2c1NC(=O)C(C)N2C. The van der Waals surface area contributed by atoms with Gasteiger partial charge in [-0.05, 0) is 26.3 Å². The van der Waals surface area contributed by atoms with E-state index in [1.54, 1.807) is 25.8 Å². The zero-order valence-corrected chi connectivity index (χ0v) is 16.7. The molecular weight excluding hydrogens is 403 g/mol. The summed E-state index contributed by atoms with van der Waals surface area (Å²) in [5.41, 5.74) is 0.400. The van der Waals surface area contributed by atoms with Crippen LogP contribution in [0.15, 0.2) is 12.3 Å². The molecule has 2 N–H and O–H groups in total. The predicted octanol–water partition coefficient (Wildman–Crippen LogP) is 2.05. The van der Waals surface area contributed by atoms with Crippen molar-refractivity contribution in [2.45, 2.75) is 51.2 Å². The number of hydrogen-bond donors (Lipinski definition) is 2. The van der Waals surface area contributed by atoms with Crippen LogP contribution >= 0.6 is 0 Å². The number of hydrogen-bond acceptors (Lipinski definition) is 7. The van der Waals surface area contributed by atoms with Crippen LogP contribution in [0.2, 0.25) is 0 Å². The first-order valence-corrected chi connectivity index (χ1v) is 9.53. The largest absolute Gasteiger partial charge is 0.433 e. The number of ether oxygens (including phenoxy) is 1. The van der Waals surface area contributed by atoms with Gasteiger partial charge in [0.2, 0.25) is 11.9 Å². The fourth-order valence-corrected chi connectivity index (χ4v) is 3.64. The summed E-state index contributed by atoms with van der Waals surface area (Å²) in [4.78, 5) is 22.7. The van der Waals surface area contributed by atoms with Crippen LogP contribution in [0.25, 0.3) is 0 Å². The summed E-state index contributed by atoms with van der Waals surface area (Å²) in [7, 11) is 1.79. The van der Waals surface area contributed by atoms with Gasteiger partial charge in [0.25, 0.3) is 0 Å². The Bertz CT molecular complexity index is 962. The Balaban J connectivity index is 1.44. The fraction of sp³-hybridized carbons (Fsp3) is 0.556. The number of aromatic nitrogens is 4. The zero-order valence-electron chi connectivity index (χ0n) is 16.7. The maximum Gasteiger partial charge on any atom is 0.433 e. The highest BCUT2D eigenvalue weighted by atomic mass is 19.4. The van der Waals surface area contributed by atoms with Gasteiger partial charge in [0, 0.05) is 13.2 Å². The van der Waals surface area contributed by atoms with Crippen molar-refractivity contribution < 1.29 is 22.7 Å². The number of rotatable bonds is 4. The first-order chi connectivity index (χ1) is 14.1. The van der Waals surface area contributed by atoms with Gasteiger partial charge >= 0.3 is 6.18 Å². The molecule has 1 saturated heterocycles. The molecule has 2 aliphatic heterocycles. The molecule has 162 valence electrons. The quantitative estimate of drug-likeness (QED) is 0.774. The minimum Gasteiger partial charge on any atom is -0.374 e. The van der Waals surface area contributed by atoms with E-state index in [9.17, 15) is 18.0 Å². The third-order valence-corrected chi connectivity index (χ3v) is 5.41. The van der Waals surface area contributed by atoms with E-state index < -0.39 is 18.0 Å². The number of alkyl halides is 3. The van der Waals surface area contributed by atoms with Gasteiger partial charge in [0.1, 0.15) is 17.4 Å². The van der Waals surface area contributed by atoms with Crippen LogP contribution in [0.4, 0.5) is 30.6 Å². The zero-order chi connectivity index (χ0) is 21.6. The van der Waals surface area contributed by atoms with E-state index in [1.807, 2.05) is 0 Å². The summed E-state index contributed by atoms with van der Waals surface area (Å²) in [5.74, 6) is 0.867. The second kappa shape index (κ2) is 7.42. The lowest BCUT2D eigenvalue weighted by Gasteiger charge is -2.32. The third-order valence-electron chi connectivity index (χ3n) is 5.41. The number of carbonyl (C=O) groups excluding carboxylic acids is 1. The van der Waals surface area contributed by atoms with Crippen molar-refractivity contribution in [2.24, 2.45) is 0 Å². The molecular formula is C18H22F3N7O2. The van der Waals surface area contributed by atoms with Crippen LogP contribution in [0.1, 0.15) is 24.7 Å². The number of halogens is 3. The summed E-state index contributed by atoms with van der Waals surface area (Å²) in [5, 5.41) is 9.78. The number of nitrogens with zero attached hydrogens (tertiary/aromatic N) is 5. The van der Waals surface area contributed by atoms with Gasteiger partial charge in [-0.3, -0.25) is 9.48 Å². The van der Waals surface area contributed by atoms with Crippen molar-refractivity contribution in [3.05, 3.63) is 23.7 Å². The molecule has 0 saturated carbocycles. The average Bonchev–Trinajstić information content (AvgIpc) is 3.31. The van der Waals surface area contributed by atoms with Crippen LogP contribution in [-0.4, -0.2) is 57.5 Å². The fourth-order valence-electron chi connectivity index (χ4n) is 3.64. The minimum absolute atomic E-state index is 0.0103. The first-order valence-electron chi connectivity index (χ1n) is 9.53. The molecule has 12 heteroatoms. The van der Waals surface area contributed by atoms with Crippen molar-refractivity contribution in [2.75, 3.05) is 29.2 Å². The highest BCUT2D eigenvalue weighted by Crippen LogP contribution is 2.33. The van der Waals surface area contributed by atoms with E-state index in [-0.39, 0.29) is 24.5 Å². The molecule has 3 atom stereocenters. The predicted molar refractivity (Wildman–Crippen MR) is 102 cm³/mol. The maximum absolute atomic E-state index is 13.0. The molecule has 2 aliphatic rings. The van der Waals surface area contributed by atoms with E-state index in [0.29, 0.717) is 36.2 Å². The first kappa shape index (κ1) is 20.4. The molecule has 4 heterocycles. The lowest BCUT2D eigenvalue weighted by molar-refractivity contribution is -0.144. The van der Waals surface area contributed by atoms with Gasteiger partial charge in [0.05, 0.1) is 31.0 Å². The van der Waals surface area contributed by atoms with E-state index in [0.717, 1.165) is 16.9 Å². The lowest BCUT2D eigenvalue weighted by Crippen LogP contribution is -2.45. The number of anilines is 3. The maximum atomic E-state index is 13.0. The molecule has 30 heavy (non-hydrogen) atoms. The van der Waals surface area contributed by atoms with Crippen LogP contribution in [0.5, 0.6) is 0 Å². The van der Waals surface area contributed by atoms with Crippen molar-refractivity contribution in [3.63, 3.8) is 0 Å². The lowest BCUT2D eigenvalue weighted by atomic mass is 10.1. The topological polar surface area (TPSA) is 97.2 Å². The number of aryl methyl sites for hydroxylation is 1. The molecule has 2 aromatic rings. The van der Waals surface area contributed by atoms with Crippen LogP contribution < -0.4 is 15.5 Å².